The van der Waals surface area contributed by atoms with Crippen molar-refractivity contribution in [2.75, 3.05) is 26.3 Å². The smallest absolute Gasteiger partial charge is 0.273 e. The number of thiophene rings is 1. The van der Waals surface area contributed by atoms with Crippen LogP contribution in [0.25, 0.3) is 10.6 Å². The summed E-state index contributed by atoms with van der Waals surface area (Å²) in [5.74, 6) is 0.376. The first-order valence-corrected chi connectivity index (χ1v) is 9.82. The molecule has 1 aliphatic heterocycles. The van der Waals surface area contributed by atoms with Crippen LogP contribution in [0.1, 0.15) is 21.6 Å². The zero-order chi connectivity index (χ0) is 18.5. The first kappa shape index (κ1) is 17.9. The summed E-state index contributed by atoms with van der Waals surface area (Å²) in [5.41, 5.74) is 2.61. The number of morpholine rings is 1. The number of carbonyl (C=O) groups is 1. The van der Waals surface area contributed by atoms with Crippen LogP contribution in [0.4, 0.5) is 0 Å². The van der Waals surface area contributed by atoms with Crippen LogP contribution < -0.4 is 5.32 Å². The van der Waals surface area contributed by atoms with Crippen LogP contribution in [0.5, 0.6) is 0 Å². The van der Waals surface area contributed by atoms with E-state index in [1.165, 1.54) is 5.56 Å². The number of hydrogen-bond donors (Lipinski definition) is 1. The lowest BCUT2D eigenvalue weighted by Gasteiger charge is -2.26. The fourth-order valence-corrected chi connectivity index (χ4v) is 3.64. The van der Waals surface area contributed by atoms with E-state index in [1.807, 2.05) is 17.5 Å². The minimum Gasteiger partial charge on any atom is -0.379 e. The van der Waals surface area contributed by atoms with E-state index in [4.69, 9.17) is 9.26 Å². The van der Waals surface area contributed by atoms with E-state index in [0.717, 1.165) is 43.3 Å². The number of hydrogen-bond acceptors (Lipinski definition) is 6. The van der Waals surface area contributed by atoms with Crippen molar-refractivity contribution in [1.82, 2.24) is 15.4 Å². The van der Waals surface area contributed by atoms with Crippen LogP contribution in [-0.4, -0.2) is 42.3 Å². The molecule has 3 heterocycles. The Labute approximate surface area is 161 Å². The fourth-order valence-electron chi connectivity index (χ4n) is 2.97. The molecule has 6 nitrogen and oxygen atoms in total. The third kappa shape index (κ3) is 4.63. The highest BCUT2D eigenvalue weighted by molar-refractivity contribution is 7.13. The Balaban J connectivity index is 1.30. The van der Waals surface area contributed by atoms with E-state index in [0.29, 0.717) is 18.0 Å². The van der Waals surface area contributed by atoms with Gasteiger partial charge in [0.25, 0.3) is 5.91 Å². The van der Waals surface area contributed by atoms with Gasteiger partial charge in [-0.05, 0) is 22.6 Å². The molecule has 0 aliphatic carbocycles. The van der Waals surface area contributed by atoms with Crippen molar-refractivity contribution in [2.45, 2.75) is 13.1 Å². The van der Waals surface area contributed by atoms with Gasteiger partial charge in [-0.1, -0.05) is 35.5 Å². The second-order valence-electron chi connectivity index (χ2n) is 6.44. The molecule has 0 atom stereocenters. The Morgan fingerprint density at radius 3 is 2.67 bits per heavy atom. The van der Waals surface area contributed by atoms with Gasteiger partial charge in [-0.25, -0.2) is 0 Å². The minimum atomic E-state index is -0.237. The summed E-state index contributed by atoms with van der Waals surface area (Å²) in [6, 6.07) is 13.9. The number of rotatable bonds is 6. The molecule has 1 N–H and O–H groups in total. The van der Waals surface area contributed by atoms with Gasteiger partial charge in [0.15, 0.2) is 11.5 Å². The van der Waals surface area contributed by atoms with Crippen molar-refractivity contribution in [3.05, 3.63) is 64.7 Å². The van der Waals surface area contributed by atoms with Gasteiger partial charge >= 0.3 is 0 Å². The average Bonchev–Trinajstić information content (AvgIpc) is 3.40. The molecule has 2 aromatic heterocycles. The fraction of sp³-hybridized carbons (Fsp3) is 0.300. The van der Waals surface area contributed by atoms with E-state index in [-0.39, 0.29) is 5.91 Å². The van der Waals surface area contributed by atoms with Gasteiger partial charge in [0, 0.05) is 32.2 Å². The SMILES string of the molecule is O=C(NCc1ccc(CN2CCOCC2)cc1)c1cc(-c2cccs2)on1. The molecule has 0 radical (unpaired) electrons. The van der Waals surface area contributed by atoms with E-state index in [9.17, 15) is 4.79 Å². The molecule has 27 heavy (non-hydrogen) atoms. The summed E-state index contributed by atoms with van der Waals surface area (Å²) >= 11 is 1.55. The second kappa shape index (κ2) is 8.47. The van der Waals surface area contributed by atoms with Crippen molar-refractivity contribution < 1.29 is 14.1 Å². The first-order chi connectivity index (χ1) is 13.3. The number of nitrogens with zero attached hydrogens (tertiary/aromatic N) is 2. The Hall–Kier alpha value is -2.48. The zero-order valence-electron chi connectivity index (χ0n) is 14.9. The predicted octanol–water partition coefficient (Wildman–Crippen LogP) is 3.17. The van der Waals surface area contributed by atoms with Crippen LogP contribution in [-0.2, 0) is 17.8 Å². The Morgan fingerprint density at radius 2 is 1.93 bits per heavy atom. The number of carbonyl (C=O) groups excluding carboxylic acids is 1. The van der Waals surface area contributed by atoms with Crippen molar-refractivity contribution in [2.24, 2.45) is 0 Å². The lowest BCUT2D eigenvalue weighted by atomic mass is 10.1. The van der Waals surface area contributed by atoms with Gasteiger partial charge in [0.05, 0.1) is 18.1 Å². The quantitative estimate of drug-likeness (QED) is 0.708. The van der Waals surface area contributed by atoms with E-state index in [1.54, 1.807) is 17.4 Å². The molecule has 1 saturated heterocycles. The summed E-state index contributed by atoms with van der Waals surface area (Å²) < 4.78 is 10.6. The third-order valence-electron chi connectivity index (χ3n) is 4.49. The van der Waals surface area contributed by atoms with E-state index >= 15 is 0 Å². The van der Waals surface area contributed by atoms with Crippen molar-refractivity contribution in [3.63, 3.8) is 0 Å². The number of nitrogens with one attached hydrogen (secondary N) is 1. The maximum atomic E-state index is 12.3. The molecule has 0 spiro atoms. The van der Waals surface area contributed by atoms with Crippen LogP contribution in [0, 0.1) is 0 Å². The molecule has 4 rings (SSSR count). The lowest BCUT2D eigenvalue weighted by molar-refractivity contribution is 0.0342. The molecule has 7 heteroatoms. The summed E-state index contributed by atoms with van der Waals surface area (Å²) in [5, 5.41) is 8.72. The molecule has 1 aliphatic rings. The molecule has 1 amide bonds. The molecule has 140 valence electrons. The largest absolute Gasteiger partial charge is 0.379 e. The van der Waals surface area contributed by atoms with E-state index in [2.05, 4.69) is 39.6 Å². The molecule has 1 aromatic carbocycles. The molecular weight excluding hydrogens is 362 g/mol. The molecule has 0 saturated carbocycles. The first-order valence-electron chi connectivity index (χ1n) is 8.95. The summed E-state index contributed by atoms with van der Waals surface area (Å²) in [4.78, 5) is 15.6. The van der Waals surface area contributed by atoms with Crippen LogP contribution in [0.15, 0.2) is 52.4 Å². The highest BCUT2D eigenvalue weighted by Gasteiger charge is 2.14. The third-order valence-corrected chi connectivity index (χ3v) is 5.38. The highest BCUT2D eigenvalue weighted by atomic mass is 32.1. The number of aromatic nitrogens is 1. The summed E-state index contributed by atoms with van der Waals surface area (Å²) in [6.07, 6.45) is 0. The van der Waals surface area contributed by atoms with Gasteiger partial charge in [-0.3, -0.25) is 9.69 Å². The normalized spacial score (nSPS) is 15.0. The van der Waals surface area contributed by atoms with Crippen LogP contribution in [0.2, 0.25) is 0 Å². The number of ether oxygens (including phenoxy) is 1. The van der Waals surface area contributed by atoms with Gasteiger partial charge in [-0.2, -0.15) is 0 Å². The second-order valence-corrected chi connectivity index (χ2v) is 7.39. The molecule has 1 fully saturated rings. The van der Waals surface area contributed by atoms with Crippen LogP contribution >= 0.6 is 11.3 Å². The molecule has 3 aromatic rings. The van der Waals surface area contributed by atoms with Gasteiger partial charge in [0.1, 0.15) is 0 Å². The predicted molar refractivity (Wildman–Crippen MR) is 104 cm³/mol. The molecule has 0 bridgehead atoms. The van der Waals surface area contributed by atoms with E-state index < -0.39 is 0 Å². The average molecular weight is 383 g/mol. The summed E-state index contributed by atoms with van der Waals surface area (Å²) in [7, 11) is 0. The number of benzene rings is 1. The van der Waals surface area contributed by atoms with Gasteiger partial charge < -0.3 is 14.6 Å². The zero-order valence-corrected chi connectivity index (χ0v) is 15.7. The maximum Gasteiger partial charge on any atom is 0.273 e. The minimum absolute atomic E-state index is 0.237. The van der Waals surface area contributed by atoms with Crippen LogP contribution in [0.3, 0.4) is 0 Å². The van der Waals surface area contributed by atoms with Crippen molar-refractivity contribution in [3.8, 4) is 10.6 Å². The highest BCUT2D eigenvalue weighted by Crippen LogP contribution is 2.25. The van der Waals surface area contributed by atoms with Gasteiger partial charge in [-0.15, -0.1) is 11.3 Å². The Bertz CT molecular complexity index is 868. The topological polar surface area (TPSA) is 67.6 Å². The lowest BCUT2D eigenvalue weighted by Crippen LogP contribution is -2.35. The standard InChI is InChI=1S/C20H21N3O3S/c24-20(17-12-18(26-22-17)19-2-1-11-27-19)21-13-15-3-5-16(6-4-15)14-23-7-9-25-10-8-23/h1-6,11-12H,7-10,13-14H2,(H,21,24). The molecular formula is C20H21N3O3S. The Morgan fingerprint density at radius 1 is 1.15 bits per heavy atom. The monoisotopic (exact) mass is 383 g/mol. The maximum absolute atomic E-state index is 12.3. The molecule has 0 unspecified atom stereocenters. The van der Waals surface area contributed by atoms with Crippen molar-refractivity contribution in [1.29, 1.82) is 0 Å². The van der Waals surface area contributed by atoms with Gasteiger partial charge in [0.2, 0.25) is 0 Å². The van der Waals surface area contributed by atoms with Crippen molar-refractivity contribution >= 4 is 17.2 Å². The summed E-state index contributed by atoms with van der Waals surface area (Å²) in [6.45, 7) is 4.95. The number of amides is 1. The Kier molecular flexibility index (Phi) is 5.62.